The van der Waals surface area contributed by atoms with E-state index in [9.17, 15) is 4.79 Å². The first kappa shape index (κ1) is 14.1. The van der Waals surface area contributed by atoms with E-state index < -0.39 is 0 Å². The third-order valence-corrected chi connectivity index (χ3v) is 3.45. The Morgan fingerprint density at radius 3 is 2.76 bits per heavy atom. The third-order valence-electron chi connectivity index (χ3n) is 3.45. The molecule has 1 aliphatic rings. The van der Waals surface area contributed by atoms with Gasteiger partial charge in [0.25, 0.3) is 5.91 Å². The molecule has 1 saturated carbocycles. The van der Waals surface area contributed by atoms with E-state index in [1.807, 2.05) is 0 Å². The smallest absolute Gasteiger partial charge is 0.254 e. The van der Waals surface area contributed by atoms with Crippen LogP contribution in [0.2, 0.25) is 0 Å². The topological polar surface area (TPSA) is 68.3 Å². The van der Waals surface area contributed by atoms with Crippen molar-refractivity contribution in [1.29, 1.82) is 0 Å². The number of amides is 1. The van der Waals surface area contributed by atoms with E-state index in [4.69, 9.17) is 10.2 Å². The minimum atomic E-state index is -0.0665. The summed E-state index contributed by atoms with van der Waals surface area (Å²) >= 11 is 0. The highest BCUT2D eigenvalue weighted by molar-refractivity contribution is 5.94. The molecule has 0 radical (unpaired) electrons. The largest absolute Gasteiger partial charge is 0.467 e. The molecule has 1 amide bonds. The Labute approximate surface area is 107 Å². The lowest BCUT2D eigenvalue weighted by Crippen LogP contribution is -2.29. The van der Waals surface area contributed by atoms with Crippen LogP contribution in [-0.2, 0) is 6.54 Å². The van der Waals surface area contributed by atoms with Crippen molar-refractivity contribution in [3.8, 4) is 0 Å². The number of hydrogen-bond donors (Lipinski definition) is 2. The number of nitrogens with one attached hydrogen (secondary N) is 1. The summed E-state index contributed by atoms with van der Waals surface area (Å²) in [7, 11) is 0. The number of furan rings is 1. The van der Waals surface area contributed by atoms with Crippen molar-refractivity contribution in [1.82, 2.24) is 5.32 Å². The van der Waals surface area contributed by atoms with Crippen molar-refractivity contribution in [3.05, 3.63) is 23.7 Å². The molecule has 0 saturated heterocycles. The van der Waals surface area contributed by atoms with E-state index in [1.165, 1.54) is 19.1 Å². The number of rotatable bonds is 5. The minimum absolute atomic E-state index is 0. The van der Waals surface area contributed by atoms with Crippen LogP contribution < -0.4 is 11.1 Å². The van der Waals surface area contributed by atoms with Crippen molar-refractivity contribution >= 4 is 18.3 Å². The summed E-state index contributed by atoms with van der Waals surface area (Å²) < 4.78 is 5.12. The summed E-state index contributed by atoms with van der Waals surface area (Å²) in [5, 5.41) is 2.95. The fourth-order valence-electron chi connectivity index (χ4n) is 1.81. The first-order valence-electron chi connectivity index (χ1n) is 5.75. The van der Waals surface area contributed by atoms with Gasteiger partial charge in [-0.3, -0.25) is 4.79 Å². The SMILES string of the molecule is CCC1(CNC(=O)c2coc(CN)c2)CC1.Cl. The Kier molecular flexibility index (Phi) is 4.60. The number of halogens is 1. The number of hydrogen-bond acceptors (Lipinski definition) is 3. The third kappa shape index (κ3) is 3.23. The molecule has 1 aliphatic carbocycles. The summed E-state index contributed by atoms with van der Waals surface area (Å²) in [4.78, 5) is 11.8. The lowest BCUT2D eigenvalue weighted by Gasteiger charge is -2.12. The van der Waals surface area contributed by atoms with Crippen molar-refractivity contribution in [2.75, 3.05) is 6.54 Å². The van der Waals surface area contributed by atoms with Crippen molar-refractivity contribution in [2.45, 2.75) is 32.7 Å². The number of nitrogens with two attached hydrogens (primary N) is 1. The van der Waals surface area contributed by atoms with Crippen LogP contribution in [0, 0.1) is 5.41 Å². The summed E-state index contributed by atoms with van der Waals surface area (Å²) in [5.41, 5.74) is 6.35. The lowest BCUT2D eigenvalue weighted by molar-refractivity contribution is 0.0943. The molecule has 2 rings (SSSR count). The molecule has 0 aliphatic heterocycles. The molecule has 1 fully saturated rings. The van der Waals surface area contributed by atoms with Gasteiger partial charge in [0.2, 0.25) is 0 Å². The molecule has 1 aromatic heterocycles. The maximum atomic E-state index is 11.8. The normalized spacial score (nSPS) is 16.1. The maximum Gasteiger partial charge on any atom is 0.254 e. The van der Waals surface area contributed by atoms with E-state index in [1.54, 1.807) is 6.07 Å². The van der Waals surface area contributed by atoms with Gasteiger partial charge >= 0.3 is 0 Å². The highest BCUT2D eigenvalue weighted by Crippen LogP contribution is 2.47. The van der Waals surface area contributed by atoms with Crippen LogP contribution in [0.25, 0.3) is 0 Å². The van der Waals surface area contributed by atoms with E-state index in [0.29, 0.717) is 23.3 Å². The zero-order valence-corrected chi connectivity index (χ0v) is 10.8. The molecule has 17 heavy (non-hydrogen) atoms. The first-order chi connectivity index (χ1) is 7.69. The van der Waals surface area contributed by atoms with Gasteiger partial charge in [0.05, 0.1) is 12.1 Å². The molecule has 0 atom stereocenters. The molecule has 1 heterocycles. The number of carbonyl (C=O) groups excluding carboxylic acids is 1. The fourth-order valence-corrected chi connectivity index (χ4v) is 1.81. The Morgan fingerprint density at radius 1 is 1.59 bits per heavy atom. The monoisotopic (exact) mass is 258 g/mol. The lowest BCUT2D eigenvalue weighted by atomic mass is 10.0. The summed E-state index contributed by atoms with van der Waals surface area (Å²) in [6, 6.07) is 1.70. The van der Waals surface area contributed by atoms with Crippen LogP contribution in [0.3, 0.4) is 0 Å². The van der Waals surface area contributed by atoms with Gasteiger partial charge in [-0.2, -0.15) is 0 Å². The zero-order chi connectivity index (χ0) is 11.6. The molecular weight excluding hydrogens is 240 g/mol. The average molecular weight is 259 g/mol. The van der Waals surface area contributed by atoms with Crippen LogP contribution in [0.5, 0.6) is 0 Å². The van der Waals surface area contributed by atoms with Gasteiger partial charge in [-0.05, 0) is 30.7 Å². The molecule has 5 heteroatoms. The Balaban J connectivity index is 0.00000144. The number of carbonyl (C=O) groups is 1. The Morgan fingerprint density at radius 2 is 2.29 bits per heavy atom. The highest BCUT2D eigenvalue weighted by Gasteiger charge is 2.40. The molecule has 3 N–H and O–H groups in total. The van der Waals surface area contributed by atoms with E-state index in [2.05, 4.69) is 12.2 Å². The second-order valence-corrected chi connectivity index (χ2v) is 4.54. The molecule has 1 aromatic rings. The van der Waals surface area contributed by atoms with Crippen LogP contribution >= 0.6 is 12.4 Å². The quantitative estimate of drug-likeness (QED) is 0.850. The van der Waals surface area contributed by atoms with Gasteiger partial charge in [0, 0.05) is 6.54 Å². The second kappa shape index (κ2) is 5.56. The van der Waals surface area contributed by atoms with E-state index in [0.717, 1.165) is 13.0 Å². The maximum absolute atomic E-state index is 11.8. The van der Waals surface area contributed by atoms with Gasteiger partial charge in [0.1, 0.15) is 12.0 Å². The summed E-state index contributed by atoms with van der Waals surface area (Å²) in [6.07, 6.45) is 5.04. The standard InChI is InChI=1S/C12H18N2O2.ClH/c1-2-12(3-4-12)8-14-11(15)9-5-10(6-13)16-7-9;/h5,7H,2-4,6,8,13H2,1H3,(H,14,15);1H. The minimum Gasteiger partial charge on any atom is -0.467 e. The molecule has 0 bridgehead atoms. The molecular formula is C12H19ClN2O2. The van der Waals surface area contributed by atoms with Crippen LogP contribution in [0.4, 0.5) is 0 Å². The van der Waals surface area contributed by atoms with E-state index >= 15 is 0 Å². The first-order valence-corrected chi connectivity index (χ1v) is 5.75. The Bertz CT molecular complexity index is 386. The van der Waals surface area contributed by atoms with Crippen LogP contribution in [-0.4, -0.2) is 12.5 Å². The zero-order valence-electron chi connectivity index (χ0n) is 9.99. The van der Waals surface area contributed by atoms with Gasteiger partial charge in [-0.15, -0.1) is 12.4 Å². The molecule has 0 aromatic carbocycles. The molecule has 0 unspecified atom stereocenters. The highest BCUT2D eigenvalue weighted by atomic mass is 35.5. The molecule has 96 valence electrons. The van der Waals surface area contributed by atoms with Gasteiger partial charge < -0.3 is 15.5 Å². The van der Waals surface area contributed by atoms with Gasteiger partial charge in [-0.25, -0.2) is 0 Å². The van der Waals surface area contributed by atoms with Gasteiger partial charge in [0.15, 0.2) is 0 Å². The van der Waals surface area contributed by atoms with Crippen molar-refractivity contribution in [2.24, 2.45) is 11.1 Å². The molecule has 4 nitrogen and oxygen atoms in total. The average Bonchev–Trinajstić information content (AvgIpc) is 2.94. The predicted octanol–water partition coefficient (Wildman–Crippen LogP) is 2.08. The van der Waals surface area contributed by atoms with Gasteiger partial charge in [-0.1, -0.05) is 6.92 Å². The summed E-state index contributed by atoms with van der Waals surface area (Å²) in [6.45, 7) is 3.27. The fraction of sp³-hybridized carbons (Fsp3) is 0.583. The summed E-state index contributed by atoms with van der Waals surface area (Å²) in [5.74, 6) is 0.574. The second-order valence-electron chi connectivity index (χ2n) is 4.54. The van der Waals surface area contributed by atoms with Crippen molar-refractivity contribution < 1.29 is 9.21 Å². The van der Waals surface area contributed by atoms with Crippen LogP contribution in [0.1, 0.15) is 42.3 Å². The van der Waals surface area contributed by atoms with Crippen molar-refractivity contribution in [3.63, 3.8) is 0 Å². The Hall–Kier alpha value is -1.00. The van der Waals surface area contributed by atoms with Crippen LogP contribution in [0.15, 0.2) is 16.7 Å². The van der Waals surface area contributed by atoms with E-state index in [-0.39, 0.29) is 18.3 Å². The predicted molar refractivity (Wildman–Crippen MR) is 68.1 cm³/mol. The molecule has 0 spiro atoms.